The van der Waals surface area contributed by atoms with Gasteiger partial charge >= 0.3 is 0 Å². The van der Waals surface area contributed by atoms with Gasteiger partial charge in [-0.05, 0) is 12.1 Å². The first kappa shape index (κ1) is 12.6. The Morgan fingerprint density at radius 3 is 3.32 bits per heavy atom. The van der Waals surface area contributed by atoms with Crippen molar-refractivity contribution in [3.05, 3.63) is 30.2 Å². The molecule has 3 heterocycles. The molecule has 1 saturated heterocycles. The lowest BCUT2D eigenvalue weighted by atomic mass is 10.2. The molecule has 1 aliphatic heterocycles. The van der Waals surface area contributed by atoms with Crippen molar-refractivity contribution in [3.8, 4) is 0 Å². The molecule has 0 aliphatic carbocycles. The van der Waals surface area contributed by atoms with Gasteiger partial charge in [-0.1, -0.05) is 0 Å². The Labute approximate surface area is 113 Å². The van der Waals surface area contributed by atoms with Crippen molar-refractivity contribution in [2.45, 2.75) is 12.6 Å². The van der Waals surface area contributed by atoms with Crippen LogP contribution in [0.3, 0.4) is 0 Å². The van der Waals surface area contributed by atoms with E-state index >= 15 is 0 Å². The fraction of sp³-hybridized carbons (Fsp3) is 0.500. The van der Waals surface area contributed by atoms with Gasteiger partial charge in [0, 0.05) is 68.3 Å². The quantitative estimate of drug-likeness (QED) is 0.860. The van der Waals surface area contributed by atoms with Crippen LogP contribution in [0.4, 0.5) is 0 Å². The summed E-state index contributed by atoms with van der Waals surface area (Å²) < 4.78 is 5.31. The second-order valence-electron chi connectivity index (χ2n) is 5.04. The molecule has 102 valence electrons. The number of methoxy groups -OCH3 is 1. The highest BCUT2D eigenvalue weighted by Crippen LogP contribution is 2.16. The molecule has 5 heteroatoms. The second kappa shape index (κ2) is 5.69. The summed E-state index contributed by atoms with van der Waals surface area (Å²) in [5, 5.41) is 4.60. The van der Waals surface area contributed by atoms with Crippen molar-refractivity contribution in [1.29, 1.82) is 0 Å². The van der Waals surface area contributed by atoms with Crippen molar-refractivity contribution in [2.75, 3.05) is 33.4 Å². The fourth-order valence-electron chi connectivity index (χ4n) is 2.70. The average molecular weight is 260 g/mol. The van der Waals surface area contributed by atoms with Crippen LogP contribution in [0.2, 0.25) is 0 Å². The first-order valence-electron chi connectivity index (χ1n) is 6.72. The van der Waals surface area contributed by atoms with Crippen LogP contribution < -0.4 is 5.32 Å². The van der Waals surface area contributed by atoms with Crippen molar-refractivity contribution in [1.82, 2.24) is 20.2 Å². The lowest BCUT2D eigenvalue weighted by molar-refractivity contribution is 0.0681. The standard InChI is InChI=1S/C14H20N4O/c1-19-10-13-8-16-4-5-18(13)9-12-6-11-7-15-3-2-14(11)17-12/h2-3,6-7,13,16-17H,4-5,8-10H2,1H3. The molecule has 2 aromatic heterocycles. The topological polar surface area (TPSA) is 53.2 Å². The number of hydrogen-bond acceptors (Lipinski definition) is 4. The van der Waals surface area contributed by atoms with E-state index in [1.807, 2.05) is 18.5 Å². The molecule has 2 N–H and O–H groups in total. The van der Waals surface area contributed by atoms with Gasteiger partial charge in [-0.25, -0.2) is 0 Å². The third kappa shape index (κ3) is 2.78. The highest BCUT2D eigenvalue weighted by atomic mass is 16.5. The molecule has 19 heavy (non-hydrogen) atoms. The van der Waals surface area contributed by atoms with E-state index in [0.717, 1.165) is 38.3 Å². The smallest absolute Gasteiger partial charge is 0.0630 e. The molecule has 5 nitrogen and oxygen atoms in total. The molecule has 0 spiro atoms. The number of hydrogen-bond donors (Lipinski definition) is 2. The molecule has 1 atom stereocenters. The molecule has 0 aromatic carbocycles. The van der Waals surface area contributed by atoms with Crippen LogP contribution in [0, 0.1) is 0 Å². The number of aromatic amines is 1. The summed E-state index contributed by atoms with van der Waals surface area (Å²) in [7, 11) is 1.77. The Morgan fingerprint density at radius 2 is 2.47 bits per heavy atom. The minimum Gasteiger partial charge on any atom is -0.383 e. The molecule has 0 radical (unpaired) electrons. The first-order chi connectivity index (χ1) is 9.36. The number of H-pyrrole nitrogens is 1. The molecule has 0 bridgehead atoms. The zero-order chi connectivity index (χ0) is 13.1. The van der Waals surface area contributed by atoms with E-state index < -0.39 is 0 Å². The van der Waals surface area contributed by atoms with Crippen molar-refractivity contribution >= 4 is 10.9 Å². The van der Waals surface area contributed by atoms with Gasteiger partial charge in [0.05, 0.1) is 6.61 Å². The van der Waals surface area contributed by atoms with Crippen LogP contribution in [0.15, 0.2) is 24.5 Å². The van der Waals surface area contributed by atoms with Crippen LogP contribution in [-0.4, -0.2) is 54.3 Å². The Kier molecular flexibility index (Phi) is 3.77. The molecular formula is C14H20N4O. The predicted octanol–water partition coefficient (Wildman–Crippen LogP) is 0.983. The normalized spacial score (nSPS) is 21.0. The molecular weight excluding hydrogens is 240 g/mol. The monoisotopic (exact) mass is 260 g/mol. The van der Waals surface area contributed by atoms with Crippen LogP contribution in [-0.2, 0) is 11.3 Å². The Morgan fingerprint density at radius 1 is 1.53 bits per heavy atom. The van der Waals surface area contributed by atoms with Crippen LogP contribution in [0.25, 0.3) is 10.9 Å². The first-order valence-corrected chi connectivity index (χ1v) is 6.72. The third-order valence-corrected chi connectivity index (χ3v) is 3.68. The average Bonchev–Trinajstić information content (AvgIpc) is 2.83. The van der Waals surface area contributed by atoms with Crippen molar-refractivity contribution in [2.24, 2.45) is 0 Å². The summed E-state index contributed by atoms with van der Waals surface area (Å²) >= 11 is 0. The van der Waals surface area contributed by atoms with E-state index in [4.69, 9.17) is 4.74 Å². The number of ether oxygens (including phenoxy) is 1. The third-order valence-electron chi connectivity index (χ3n) is 3.68. The van der Waals surface area contributed by atoms with E-state index in [0.29, 0.717) is 6.04 Å². The summed E-state index contributed by atoms with van der Waals surface area (Å²) in [5.74, 6) is 0. The van der Waals surface area contributed by atoms with Crippen molar-refractivity contribution in [3.63, 3.8) is 0 Å². The number of fused-ring (bicyclic) bond motifs is 1. The van der Waals surface area contributed by atoms with Crippen LogP contribution >= 0.6 is 0 Å². The number of nitrogens with one attached hydrogen (secondary N) is 2. The number of nitrogens with zero attached hydrogens (tertiary/aromatic N) is 2. The van der Waals surface area contributed by atoms with Gasteiger partial charge in [0.1, 0.15) is 0 Å². The maximum atomic E-state index is 5.31. The second-order valence-corrected chi connectivity index (χ2v) is 5.04. The number of aromatic nitrogens is 2. The van der Waals surface area contributed by atoms with Crippen LogP contribution in [0.1, 0.15) is 5.69 Å². The summed E-state index contributed by atoms with van der Waals surface area (Å²) in [6.07, 6.45) is 3.72. The van der Waals surface area contributed by atoms with E-state index in [9.17, 15) is 0 Å². The molecule has 0 saturated carbocycles. The molecule has 1 unspecified atom stereocenters. The highest BCUT2D eigenvalue weighted by molar-refractivity contribution is 5.79. The predicted molar refractivity (Wildman–Crippen MR) is 75.0 cm³/mol. The van der Waals surface area contributed by atoms with Crippen LogP contribution in [0.5, 0.6) is 0 Å². The van der Waals surface area contributed by atoms with Gasteiger partial charge in [-0.2, -0.15) is 0 Å². The van der Waals surface area contributed by atoms with Crippen molar-refractivity contribution < 1.29 is 4.74 Å². The lowest BCUT2D eigenvalue weighted by Crippen LogP contribution is -2.52. The zero-order valence-corrected chi connectivity index (χ0v) is 11.2. The van der Waals surface area contributed by atoms with Gasteiger partial charge in [-0.15, -0.1) is 0 Å². The Bertz CT molecular complexity index is 504. The van der Waals surface area contributed by atoms with Gasteiger partial charge < -0.3 is 15.0 Å². The minimum absolute atomic E-state index is 0.447. The van der Waals surface area contributed by atoms with E-state index in [1.165, 1.54) is 11.1 Å². The lowest BCUT2D eigenvalue weighted by Gasteiger charge is -2.35. The minimum atomic E-state index is 0.447. The summed E-state index contributed by atoms with van der Waals surface area (Å²) in [4.78, 5) is 10.1. The largest absolute Gasteiger partial charge is 0.383 e. The molecule has 0 amide bonds. The Hall–Kier alpha value is -1.43. The number of rotatable bonds is 4. The molecule has 2 aromatic rings. The summed E-state index contributed by atoms with van der Waals surface area (Å²) in [5.41, 5.74) is 2.40. The fourth-order valence-corrected chi connectivity index (χ4v) is 2.70. The van der Waals surface area contributed by atoms with Gasteiger partial charge in [-0.3, -0.25) is 9.88 Å². The van der Waals surface area contributed by atoms with E-state index in [2.05, 4.69) is 26.3 Å². The van der Waals surface area contributed by atoms with Gasteiger partial charge in [0.25, 0.3) is 0 Å². The van der Waals surface area contributed by atoms with E-state index in [1.54, 1.807) is 7.11 Å². The zero-order valence-electron chi connectivity index (χ0n) is 11.2. The number of pyridine rings is 1. The SMILES string of the molecule is COCC1CNCCN1Cc1cc2cnccc2[nH]1. The maximum absolute atomic E-state index is 5.31. The highest BCUT2D eigenvalue weighted by Gasteiger charge is 2.22. The van der Waals surface area contributed by atoms with Gasteiger partial charge in [0.15, 0.2) is 0 Å². The maximum Gasteiger partial charge on any atom is 0.0630 e. The molecule has 3 rings (SSSR count). The molecule has 1 aliphatic rings. The van der Waals surface area contributed by atoms with Gasteiger partial charge in [0.2, 0.25) is 0 Å². The Balaban J connectivity index is 1.75. The van der Waals surface area contributed by atoms with E-state index in [-0.39, 0.29) is 0 Å². The summed E-state index contributed by atoms with van der Waals surface area (Å²) in [6, 6.07) is 4.65. The summed E-state index contributed by atoms with van der Waals surface area (Å²) in [6.45, 7) is 4.80. The number of piperazine rings is 1. The molecule has 1 fully saturated rings.